The first kappa shape index (κ1) is 11.3. The Morgan fingerprint density at radius 3 is 2.56 bits per heavy atom. The molecule has 2 aromatic rings. The minimum absolute atomic E-state index is 1.02. The predicted octanol–water partition coefficient (Wildman–Crippen LogP) is 4.30. The molecule has 1 aromatic heterocycles. The van der Waals surface area contributed by atoms with Crippen LogP contribution in [0.5, 0.6) is 0 Å². The molecular formula is C14H17NS. The Morgan fingerprint density at radius 1 is 1.19 bits per heavy atom. The number of hydrogen-bond acceptors (Lipinski definition) is 2. The van der Waals surface area contributed by atoms with Crippen molar-refractivity contribution in [2.24, 2.45) is 0 Å². The van der Waals surface area contributed by atoms with Gasteiger partial charge in [0.05, 0.1) is 15.6 Å². The van der Waals surface area contributed by atoms with Crippen molar-refractivity contribution in [3.05, 3.63) is 40.0 Å². The summed E-state index contributed by atoms with van der Waals surface area (Å²) in [6.45, 7) is 8.57. The highest BCUT2D eigenvalue weighted by Gasteiger charge is 2.10. The second-order valence-corrected chi connectivity index (χ2v) is 5.28. The van der Waals surface area contributed by atoms with Crippen molar-refractivity contribution < 1.29 is 0 Å². The van der Waals surface area contributed by atoms with Crippen LogP contribution in [0.1, 0.15) is 28.8 Å². The van der Waals surface area contributed by atoms with Crippen LogP contribution in [0, 0.1) is 20.8 Å². The molecule has 1 heterocycles. The Balaban J connectivity index is 2.57. The summed E-state index contributed by atoms with van der Waals surface area (Å²) in [5, 5.41) is 1.23. The van der Waals surface area contributed by atoms with E-state index in [9.17, 15) is 0 Å². The van der Waals surface area contributed by atoms with Gasteiger partial charge in [-0.05, 0) is 38.3 Å². The van der Waals surface area contributed by atoms with E-state index in [2.05, 4.69) is 50.9 Å². The van der Waals surface area contributed by atoms with Crippen molar-refractivity contribution in [3.8, 4) is 10.4 Å². The number of hydrogen-bond donors (Lipinski definition) is 0. The number of aryl methyl sites for hydroxylation is 4. The Bertz CT molecular complexity index is 511. The van der Waals surface area contributed by atoms with Gasteiger partial charge in [-0.2, -0.15) is 0 Å². The van der Waals surface area contributed by atoms with Crippen molar-refractivity contribution in [2.45, 2.75) is 34.1 Å². The number of nitrogens with zero attached hydrogens (tertiary/aromatic N) is 1. The van der Waals surface area contributed by atoms with Crippen molar-refractivity contribution >= 4 is 11.3 Å². The lowest BCUT2D eigenvalue weighted by atomic mass is 10.0. The molecule has 0 aliphatic carbocycles. The van der Waals surface area contributed by atoms with Crippen molar-refractivity contribution in [2.75, 3.05) is 0 Å². The highest BCUT2D eigenvalue weighted by molar-refractivity contribution is 7.15. The van der Waals surface area contributed by atoms with Crippen LogP contribution in [0.4, 0.5) is 0 Å². The van der Waals surface area contributed by atoms with Crippen LogP contribution in [0.2, 0.25) is 0 Å². The van der Waals surface area contributed by atoms with E-state index in [1.54, 1.807) is 0 Å². The van der Waals surface area contributed by atoms with Gasteiger partial charge in [0.25, 0.3) is 0 Å². The van der Waals surface area contributed by atoms with E-state index in [1.165, 1.54) is 26.6 Å². The normalized spacial score (nSPS) is 10.8. The Labute approximate surface area is 101 Å². The first-order chi connectivity index (χ1) is 7.61. The SMILES string of the molecule is CCc1nc(C)c(-c2cc(C)ccc2C)s1. The molecule has 1 nitrogen and oxygen atoms in total. The molecule has 0 atom stereocenters. The van der Waals surface area contributed by atoms with Crippen LogP contribution in [0.15, 0.2) is 18.2 Å². The maximum atomic E-state index is 4.59. The van der Waals surface area contributed by atoms with E-state index in [-0.39, 0.29) is 0 Å². The molecule has 0 bridgehead atoms. The molecule has 0 N–H and O–H groups in total. The minimum atomic E-state index is 1.02. The van der Waals surface area contributed by atoms with E-state index in [4.69, 9.17) is 0 Å². The summed E-state index contributed by atoms with van der Waals surface area (Å²) in [5.74, 6) is 0. The number of thiazole rings is 1. The molecule has 16 heavy (non-hydrogen) atoms. The third-order valence-corrected chi connectivity index (χ3v) is 4.12. The van der Waals surface area contributed by atoms with Gasteiger partial charge in [0, 0.05) is 0 Å². The fourth-order valence-electron chi connectivity index (χ4n) is 1.83. The molecule has 84 valence electrons. The third-order valence-electron chi connectivity index (χ3n) is 2.78. The summed E-state index contributed by atoms with van der Waals surface area (Å²) in [5.41, 5.74) is 5.15. The lowest BCUT2D eigenvalue weighted by Crippen LogP contribution is -1.84. The van der Waals surface area contributed by atoms with Gasteiger partial charge in [-0.1, -0.05) is 30.7 Å². The Hall–Kier alpha value is -1.15. The summed E-state index contributed by atoms with van der Waals surface area (Å²) >= 11 is 1.82. The maximum absolute atomic E-state index is 4.59. The highest BCUT2D eigenvalue weighted by Crippen LogP contribution is 2.32. The van der Waals surface area contributed by atoms with E-state index in [0.29, 0.717) is 0 Å². The van der Waals surface area contributed by atoms with Gasteiger partial charge in [-0.25, -0.2) is 4.98 Å². The zero-order valence-electron chi connectivity index (χ0n) is 10.3. The summed E-state index contributed by atoms with van der Waals surface area (Å²) in [6.07, 6.45) is 1.02. The van der Waals surface area contributed by atoms with E-state index in [1.807, 2.05) is 11.3 Å². The maximum Gasteiger partial charge on any atom is 0.0931 e. The summed E-state index contributed by atoms with van der Waals surface area (Å²) < 4.78 is 0. The molecule has 0 saturated heterocycles. The standard InChI is InChI=1S/C14H17NS/c1-5-13-15-11(4)14(16-13)12-8-9(2)6-7-10(12)3/h6-8H,5H2,1-4H3. The van der Waals surface area contributed by atoms with Gasteiger partial charge in [-0.15, -0.1) is 11.3 Å². The summed E-state index contributed by atoms with van der Waals surface area (Å²) in [6, 6.07) is 6.61. The fraction of sp³-hybridized carbons (Fsp3) is 0.357. The average molecular weight is 231 g/mol. The van der Waals surface area contributed by atoms with Gasteiger partial charge in [0.2, 0.25) is 0 Å². The number of aromatic nitrogens is 1. The lowest BCUT2D eigenvalue weighted by molar-refractivity contribution is 1.07. The van der Waals surface area contributed by atoms with Crippen LogP contribution in [-0.2, 0) is 6.42 Å². The zero-order chi connectivity index (χ0) is 11.7. The van der Waals surface area contributed by atoms with Crippen LogP contribution >= 0.6 is 11.3 Å². The molecule has 0 saturated carbocycles. The molecule has 2 rings (SSSR count). The molecular weight excluding hydrogens is 214 g/mol. The Morgan fingerprint density at radius 2 is 1.94 bits per heavy atom. The van der Waals surface area contributed by atoms with Crippen molar-refractivity contribution in [1.82, 2.24) is 4.98 Å². The van der Waals surface area contributed by atoms with Gasteiger partial charge in [0.1, 0.15) is 0 Å². The van der Waals surface area contributed by atoms with Crippen LogP contribution < -0.4 is 0 Å². The van der Waals surface area contributed by atoms with Crippen LogP contribution in [-0.4, -0.2) is 4.98 Å². The predicted molar refractivity (Wildman–Crippen MR) is 71.1 cm³/mol. The molecule has 1 aromatic carbocycles. The number of benzene rings is 1. The molecule has 0 radical (unpaired) electrons. The second kappa shape index (κ2) is 4.38. The highest BCUT2D eigenvalue weighted by atomic mass is 32.1. The molecule has 0 spiro atoms. The molecule has 2 heteroatoms. The first-order valence-corrected chi connectivity index (χ1v) is 6.47. The van der Waals surface area contributed by atoms with E-state index in [0.717, 1.165) is 12.1 Å². The Kier molecular flexibility index (Phi) is 3.10. The van der Waals surface area contributed by atoms with Crippen molar-refractivity contribution in [1.29, 1.82) is 0 Å². The monoisotopic (exact) mass is 231 g/mol. The van der Waals surface area contributed by atoms with Gasteiger partial charge < -0.3 is 0 Å². The van der Waals surface area contributed by atoms with Gasteiger partial charge in [0.15, 0.2) is 0 Å². The largest absolute Gasteiger partial charge is 0.246 e. The van der Waals surface area contributed by atoms with Crippen molar-refractivity contribution in [3.63, 3.8) is 0 Å². The van der Waals surface area contributed by atoms with Crippen LogP contribution in [0.25, 0.3) is 10.4 Å². The summed E-state index contributed by atoms with van der Waals surface area (Å²) in [7, 11) is 0. The molecule has 0 fully saturated rings. The topological polar surface area (TPSA) is 12.9 Å². The lowest BCUT2D eigenvalue weighted by Gasteiger charge is -2.05. The molecule has 0 amide bonds. The van der Waals surface area contributed by atoms with E-state index >= 15 is 0 Å². The van der Waals surface area contributed by atoms with Gasteiger partial charge >= 0.3 is 0 Å². The van der Waals surface area contributed by atoms with E-state index < -0.39 is 0 Å². The molecule has 0 aliphatic heterocycles. The molecule has 0 aliphatic rings. The van der Waals surface area contributed by atoms with Gasteiger partial charge in [-0.3, -0.25) is 0 Å². The zero-order valence-corrected chi connectivity index (χ0v) is 11.1. The quantitative estimate of drug-likeness (QED) is 0.751. The number of rotatable bonds is 2. The summed E-state index contributed by atoms with van der Waals surface area (Å²) in [4.78, 5) is 5.93. The smallest absolute Gasteiger partial charge is 0.0931 e. The average Bonchev–Trinajstić information content (AvgIpc) is 2.63. The second-order valence-electron chi connectivity index (χ2n) is 4.19. The first-order valence-electron chi connectivity index (χ1n) is 5.65. The van der Waals surface area contributed by atoms with Crippen LogP contribution in [0.3, 0.4) is 0 Å². The third kappa shape index (κ3) is 2.03. The minimum Gasteiger partial charge on any atom is -0.246 e. The molecule has 0 unspecified atom stereocenters. The fourth-order valence-corrected chi connectivity index (χ4v) is 2.92.